The molecule has 0 saturated heterocycles. The summed E-state index contributed by atoms with van der Waals surface area (Å²) in [6, 6.07) is 3.91. The minimum Gasteiger partial charge on any atom is -0.493 e. The zero-order valence-corrected chi connectivity index (χ0v) is 14.9. The van der Waals surface area contributed by atoms with E-state index in [0.29, 0.717) is 11.5 Å². The van der Waals surface area contributed by atoms with E-state index in [0.717, 1.165) is 30.9 Å². The number of hydrogen-bond acceptors (Lipinski definition) is 5. The molecule has 1 N–H and O–H groups in total. The van der Waals surface area contributed by atoms with Gasteiger partial charge in [0.25, 0.3) is 0 Å². The van der Waals surface area contributed by atoms with Crippen molar-refractivity contribution >= 4 is 0 Å². The topological polar surface area (TPSA) is 43.0 Å². The number of hydrogen-bond donors (Lipinski definition) is 1. The summed E-state index contributed by atoms with van der Waals surface area (Å²) in [4.78, 5) is 2.21. The molecule has 0 amide bonds. The van der Waals surface area contributed by atoms with Crippen molar-refractivity contribution < 1.29 is 14.2 Å². The molecule has 0 atom stereocenters. The lowest BCUT2D eigenvalue weighted by molar-refractivity contribution is 0.232. The van der Waals surface area contributed by atoms with Crippen LogP contribution in [0.1, 0.15) is 19.4 Å². The first-order valence-corrected chi connectivity index (χ1v) is 7.48. The van der Waals surface area contributed by atoms with Crippen molar-refractivity contribution in [2.75, 3.05) is 48.5 Å². The SMILES string of the molecule is COc1ccc(CNCC(C)(C)CN(C)C)c(OC)c1OC. The average Bonchev–Trinajstić information content (AvgIpc) is 2.44. The Morgan fingerprint density at radius 1 is 1.00 bits per heavy atom. The van der Waals surface area contributed by atoms with Gasteiger partial charge in [0, 0.05) is 25.2 Å². The minimum absolute atomic E-state index is 0.202. The highest BCUT2D eigenvalue weighted by atomic mass is 16.5. The van der Waals surface area contributed by atoms with Gasteiger partial charge in [0.15, 0.2) is 11.5 Å². The van der Waals surface area contributed by atoms with Gasteiger partial charge in [-0.1, -0.05) is 19.9 Å². The van der Waals surface area contributed by atoms with Crippen LogP contribution in [-0.2, 0) is 6.54 Å². The van der Waals surface area contributed by atoms with Gasteiger partial charge >= 0.3 is 0 Å². The van der Waals surface area contributed by atoms with Gasteiger partial charge < -0.3 is 24.4 Å². The van der Waals surface area contributed by atoms with Gasteiger partial charge in [0.1, 0.15) is 0 Å². The minimum atomic E-state index is 0.202. The Balaban J connectivity index is 2.78. The van der Waals surface area contributed by atoms with Crippen LogP contribution in [0.15, 0.2) is 12.1 Å². The van der Waals surface area contributed by atoms with E-state index in [1.165, 1.54) is 0 Å². The van der Waals surface area contributed by atoms with Crippen LogP contribution in [0.4, 0.5) is 0 Å². The van der Waals surface area contributed by atoms with Gasteiger partial charge in [-0.2, -0.15) is 0 Å². The molecule has 0 saturated carbocycles. The van der Waals surface area contributed by atoms with E-state index in [1.807, 2.05) is 12.1 Å². The van der Waals surface area contributed by atoms with Gasteiger partial charge in [0.2, 0.25) is 5.75 Å². The molecule has 5 heteroatoms. The van der Waals surface area contributed by atoms with Crippen molar-refractivity contribution in [1.82, 2.24) is 10.2 Å². The third-order valence-corrected chi connectivity index (χ3v) is 3.45. The van der Waals surface area contributed by atoms with Crippen molar-refractivity contribution in [1.29, 1.82) is 0 Å². The highest BCUT2D eigenvalue weighted by molar-refractivity contribution is 5.55. The fourth-order valence-corrected chi connectivity index (χ4v) is 2.75. The number of rotatable bonds is 9. The molecule has 1 rings (SSSR count). The molecule has 1 aromatic carbocycles. The molecule has 1 aromatic rings. The Bertz CT molecular complexity index is 473. The fraction of sp³-hybridized carbons (Fsp3) is 0.647. The maximum Gasteiger partial charge on any atom is 0.203 e. The van der Waals surface area contributed by atoms with E-state index in [4.69, 9.17) is 14.2 Å². The van der Waals surface area contributed by atoms with Crippen LogP contribution in [-0.4, -0.2) is 53.4 Å². The Kier molecular flexibility index (Phi) is 6.97. The van der Waals surface area contributed by atoms with Gasteiger partial charge in [-0.25, -0.2) is 0 Å². The summed E-state index contributed by atoms with van der Waals surface area (Å²) in [6.07, 6.45) is 0. The van der Waals surface area contributed by atoms with E-state index < -0.39 is 0 Å². The molecule has 5 nitrogen and oxygen atoms in total. The lowest BCUT2D eigenvalue weighted by Gasteiger charge is -2.28. The van der Waals surface area contributed by atoms with Gasteiger partial charge in [-0.3, -0.25) is 0 Å². The summed E-state index contributed by atoms with van der Waals surface area (Å²) in [5.41, 5.74) is 1.26. The molecule has 0 fully saturated rings. The van der Waals surface area contributed by atoms with Crippen LogP contribution in [0.5, 0.6) is 17.2 Å². The first-order chi connectivity index (χ1) is 10.3. The van der Waals surface area contributed by atoms with Crippen molar-refractivity contribution in [2.24, 2.45) is 5.41 Å². The van der Waals surface area contributed by atoms with E-state index in [2.05, 4.69) is 38.2 Å². The average molecular weight is 310 g/mol. The molecule has 0 aromatic heterocycles. The standard InChI is InChI=1S/C17H30N2O3/c1-17(2,12-19(3)4)11-18-10-13-8-9-14(20-5)16(22-7)15(13)21-6/h8-9,18H,10-12H2,1-7H3. The molecule has 126 valence electrons. The monoisotopic (exact) mass is 310 g/mol. The molecule has 0 spiro atoms. The molecule has 0 unspecified atom stereocenters. The van der Waals surface area contributed by atoms with Crippen molar-refractivity contribution in [3.63, 3.8) is 0 Å². The van der Waals surface area contributed by atoms with Crippen LogP contribution in [0, 0.1) is 5.41 Å². The zero-order chi connectivity index (χ0) is 16.8. The lowest BCUT2D eigenvalue weighted by Crippen LogP contribution is -2.37. The van der Waals surface area contributed by atoms with E-state index in [1.54, 1.807) is 21.3 Å². The highest BCUT2D eigenvalue weighted by Gasteiger charge is 2.20. The van der Waals surface area contributed by atoms with Crippen LogP contribution in [0.25, 0.3) is 0 Å². The van der Waals surface area contributed by atoms with Crippen LogP contribution in [0.3, 0.4) is 0 Å². The van der Waals surface area contributed by atoms with Gasteiger partial charge in [-0.15, -0.1) is 0 Å². The van der Waals surface area contributed by atoms with E-state index >= 15 is 0 Å². The molecule has 0 heterocycles. The number of methoxy groups -OCH3 is 3. The van der Waals surface area contributed by atoms with Crippen molar-refractivity contribution in [2.45, 2.75) is 20.4 Å². The first-order valence-electron chi connectivity index (χ1n) is 7.48. The quantitative estimate of drug-likeness (QED) is 0.758. The maximum atomic E-state index is 5.50. The number of ether oxygens (including phenoxy) is 3. The summed E-state index contributed by atoms with van der Waals surface area (Å²) in [7, 11) is 9.09. The maximum absolute atomic E-state index is 5.50. The Morgan fingerprint density at radius 2 is 1.64 bits per heavy atom. The van der Waals surface area contributed by atoms with Crippen molar-refractivity contribution in [3.05, 3.63) is 17.7 Å². The summed E-state index contributed by atoms with van der Waals surface area (Å²) in [5, 5.41) is 3.51. The molecular formula is C17H30N2O3. The van der Waals surface area contributed by atoms with Crippen LogP contribution >= 0.6 is 0 Å². The third kappa shape index (κ3) is 5.07. The molecule has 22 heavy (non-hydrogen) atoms. The molecular weight excluding hydrogens is 280 g/mol. The largest absolute Gasteiger partial charge is 0.493 e. The van der Waals surface area contributed by atoms with Crippen LogP contribution in [0.2, 0.25) is 0 Å². The summed E-state index contributed by atoms with van der Waals surface area (Å²) < 4.78 is 16.2. The number of nitrogens with one attached hydrogen (secondary N) is 1. The lowest BCUT2D eigenvalue weighted by atomic mass is 9.93. The number of nitrogens with zero attached hydrogens (tertiary/aromatic N) is 1. The zero-order valence-electron chi connectivity index (χ0n) is 14.9. The Hall–Kier alpha value is -1.46. The predicted molar refractivity (Wildman–Crippen MR) is 90.1 cm³/mol. The molecule has 0 radical (unpaired) electrons. The highest BCUT2D eigenvalue weighted by Crippen LogP contribution is 2.39. The molecule has 0 bridgehead atoms. The van der Waals surface area contributed by atoms with Gasteiger partial charge in [0.05, 0.1) is 21.3 Å². The predicted octanol–water partition coefficient (Wildman–Crippen LogP) is 2.39. The number of benzene rings is 1. The normalized spacial score (nSPS) is 11.6. The summed E-state index contributed by atoms with van der Waals surface area (Å²) in [6.45, 7) is 7.18. The molecule has 0 aliphatic carbocycles. The summed E-state index contributed by atoms with van der Waals surface area (Å²) in [5.74, 6) is 2.03. The second-order valence-electron chi connectivity index (χ2n) is 6.50. The van der Waals surface area contributed by atoms with E-state index in [-0.39, 0.29) is 5.41 Å². The third-order valence-electron chi connectivity index (χ3n) is 3.45. The smallest absolute Gasteiger partial charge is 0.203 e. The fourth-order valence-electron chi connectivity index (χ4n) is 2.75. The molecule has 0 aliphatic rings. The van der Waals surface area contributed by atoms with Crippen LogP contribution < -0.4 is 19.5 Å². The summed E-state index contributed by atoms with van der Waals surface area (Å²) >= 11 is 0. The second-order valence-corrected chi connectivity index (χ2v) is 6.50. The van der Waals surface area contributed by atoms with E-state index in [9.17, 15) is 0 Å². The Labute approximate surface area is 134 Å². The Morgan fingerprint density at radius 3 is 2.14 bits per heavy atom. The van der Waals surface area contributed by atoms with Gasteiger partial charge in [-0.05, 0) is 25.6 Å². The second kappa shape index (κ2) is 8.25. The first kappa shape index (κ1) is 18.6. The van der Waals surface area contributed by atoms with Crippen molar-refractivity contribution in [3.8, 4) is 17.2 Å². The molecule has 0 aliphatic heterocycles.